The Morgan fingerprint density at radius 2 is 2.17 bits per heavy atom. The molecule has 4 heteroatoms. The minimum absolute atomic E-state index is 0.525. The van der Waals surface area contributed by atoms with Crippen LogP contribution in [0.4, 0.5) is 5.82 Å². The Morgan fingerprint density at radius 1 is 1.44 bits per heavy atom. The molecule has 1 aliphatic carbocycles. The third kappa shape index (κ3) is 3.00. The van der Waals surface area contributed by atoms with E-state index in [9.17, 15) is 5.11 Å². The van der Waals surface area contributed by atoms with E-state index in [2.05, 4.69) is 21.3 Å². The predicted molar refractivity (Wildman–Crippen MR) is 73.7 cm³/mol. The van der Waals surface area contributed by atoms with Crippen molar-refractivity contribution >= 4 is 5.82 Å². The molecule has 0 aliphatic heterocycles. The standard InChI is InChI=1S/C14H23N3O/c1-15-10-12-6-5-9-16-13(12)17(2)11-14(18)7-3-4-8-14/h5-6,9,15,18H,3-4,7-8,10-11H2,1-2H3. The molecule has 0 unspecified atom stereocenters. The summed E-state index contributed by atoms with van der Waals surface area (Å²) in [6.07, 6.45) is 5.90. The maximum Gasteiger partial charge on any atom is 0.132 e. The Bertz CT molecular complexity index is 388. The fraction of sp³-hybridized carbons (Fsp3) is 0.643. The molecule has 1 aromatic rings. The molecule has 4 nitrogen and oxygen atoms in total. The van der Waals surface area contributed by atoms with Crippen molar-refractivity contribution in [3.63, 3.8) is 0 Å². The van der Waals surface area contributed by atoms with Gasteiger partial charge in [0.1, 0.15) is 5.82 Å². The Balaban J connectivity index is 2.10. The number of likely N-dealkylation sites (N-methyl/N-ethyl adjacent to an activating group) is 1. The summed E-state index contributed by atoms with van der Waals surface area (Å²) >= 11 is 0. The quantitative estimate of drug-likeness (QED) is 0.831. The molecule has 1 heterocycles. The van der Waals surface area contributed by atoms with Crippen molar-refractivity contribution in [2.24, 2.45) is 0 Å². The molecule has 100 valence electrons. The monoisotopic (exact) mass is 249 g/mol. The third-order valence-electron chi connectivity index (χ3n) is 3.66. The van der Waals surface area contributed by atoms with Crippen LogP contribution in [0.3, 0.4) is 0 Å². The molecule has 0 aromatic carbocycles. The molecule has 18 heavy (non-hydrogen) atoms. The molecule has 0 atom stereocenters. The molecule has 0 spiro atoms. The third-order valence-corrected chi connectivity index (χ3v) is 3.66. The average molecular weight is 249 g/mol. The maximum atomic E-state index is 10.5. The van der Waals surface area contributed by atoms with Crippen molar-refractivity contribution in [2.45, 2.75) is 37.8 Å². The fourth-order valence-corrected chi connectivity index (χ4v) is 2.81. The van der Waals surface area contributed by atoms with Crippen LogP contribution in [0.15, 0.2) is 18.3 Å². The van der Waals surface area contributed by atoms with Gasteiger partial charge >= 0.3 is 0 Å². The average Bonchev–Trinajstić information content (AvgIpc) is 2.77. The van der Waals surface area contributed by atoms with Gasteiger partial charge in [-0.25, -0.2) is 4.98 Å². The molecule has 0 bridgehead atoms. The van der Waals surface area contributed by atoms with Crippen LogP contribution < -0.4 is 10.2 Å². The van der Waals surface area contributed by atoms with E-state index in [-0.39, 0.29) is 0 Å². The minimum Gasteiger partial charge on any atom is -0.388 e. The highest BCUT2D eigenvalue weighted by Gasteiger charge is 2.32. The van der Waals surface area contributed by atoms with Gasteiger partial charge in [-0.05, 0) is 26.0 Å². The normalized spacial score (nSPS) is 17.9. The van der Waals surface area contributed by atoms with E-state index in [1.807, 2.05) is 26.4 Å². The zero-order valence-corrected chi connectivity index (χ0v) is 11.3. The molecular weight excluding hydrogens is 226 g/mol. The van der Waals surface area contributed by atoms with E-state index in [1.165, 1.54) is 5.56 Å². The largest absolute Gasteiger partial charge is 0.388 e. The molecule has 1 aliphatic rings. The zero-order chi connectivity index (χ0) is 13.0. The van der Waals surface area contributed by atoms with Crippen LogP contribution in [-0.2, 0) is 6.54 Å². The van der Waals surface area contributed by atoms with Gasteiger partial charge in [0.15, 0.2) is 0 Å². The van der Waals surface area contributed by atoms with E-state index in [0.29, 0.717) is 6.54 Å². The summed E-state index contributed by atoms with van der Waals surface area (Å²) in [5, 5.41) is 13.6. The highest BCUT2D eigenvalue weighted by atomic mass is 16.3. The van der Waals surface area contributed by atoms with E-state index in [4.69, 9.17) is 0 Å². The highest BCUT2D eigenvalue weighted by molar-refractivity contribution is 5.46. The first kappa shape index (κ1) is 13.3. The Hall–Kier alpha value is -1.13. The maximum absolute atomic E-state index is 10.5. The first-order valence-electron chi connectivity index (χ1n) is 6.67. The summed E-state index contributed by atoms with van der Waals surface area (Å²) in [6.45, 7) is 1.46. The van der Waals surface area contributed by atoms with Gasteiger partial charge in [0.2, 0.25) is 0 Å². The molecule has 0 saturated heterocycles. The predicted octanol–water partition coefficient (Wildman–Crippen LogP) is 1.54. The van der Waals surface area contributed by atoms with Crippen LogP contribution >= 0.6 is 0 Å². The topological polar surface area (TPSA) is 48.4 Å². The number of pyridine rings is 1. The van der Waals surface area contributed by atoms with Gasteiger partial charge in [0.25, 0.3) is 0 Å². The zero-order valence-electron chi connectivity index (χ0n) is 11.3. The van der Waals surface area contributed by atoms with Gasteiger partial charge in [0.05, 0.1) is 5.60 Å². The van der Waals surface area contributed by atoms with E-state index < -0.39 is 5.60 Å². The number of aliphatic hydroxyl groups is 1. The first-order chi connectivity index (χ1) is 8.64. The lowest BCUT2D eigenvalue weighted by atomic mass is 10.0. The van der Waals surface area contributed by atoms with Crippen LogP contribution in [-0.4, -0.2) is 36.3 Å². The van der Waals surface area contributed by atoms with Gasteiger partial charge < -0.3 is 15.3 Å². The lowest BCUT2D eigenvalue weighted by Gasteiger charge is -2.30. The molecule has 1 fully saturated rings. The number of hydrogen-bond donors (Lipinski definition) is 2. The van der Waals surface area contributed by atoms with Gasteiger partial charge in [0, 0.05) is 31.9 Å². The van der Waals surface area contributed by atoms with Crippen molar-refractivity contribution in [2.75, 3.05) is 25.5 Å². The molecule has 0 amide bonds. The number of rotatable bonds is 5. The van der Waals surface area contributed by atoms with Gasteiger partial charge in [-0.3, -0.25) is 0 Å². The van der Waals surface area contributed by atoms with Gasteiger partial charge in [-0.2, -0.15) is 0 Å². The summed E-state index contributed by atoms with van der Waals surface area (Å²) in [5.41, 5.74) is 0.646. The fourth-order valence-electron chi connectivity index (χ4n) is 2.81. The molecule has 2 rings (SSSR count). The van der Waals surface area contributed by atoms with E-state index >= 15 is 0 Å². The van der Waals surface area contributed by atoms with E-state index in [0.717, 1.165) is 38.0 Å². The molecular formula is C14H23N3O. The summed E-state index contributed by atoms with van der Waals surface area (Å²) < 4.78 is 0. The summed E-state index contributed by atoms with van der Waals surface area (Å²) in [7, 11) is 3.94. The number of aromatic nitrogens is 1. The lowest BCUT2D eigenvalue weighted by Crippen LogP contribution is -2.40. The number of nitrogens with one attached hydrogen (secondary N) is 1. The molecule has 2 N–H and O–H groups in total. The first-order valence-corrected chi connectivity index (χ1v) is 6.67. The van der Waals surface area contributed by atoms with Gasteiger partial charge in [-0.1, -0.05) is 18.9 Å². The number of hydrogen-bond acceptors (Lipinski definition) is 4. The van der Waals surface area contributed by atoms with Crippen molar-refractivity contribution in [1.82, 2.24) is 10.3 Å². The second-order valence-electron chi connectivity index (χ2n) is 5.30. The number of nitrogens with zero attached hydrogens (tertiary/aromatic N) is 2. The van der Waals surface area contributed by atoms with Crippen molar-refractivity contribution in [1.29, 1.82) is 0 Å². The van der Waals surface area contributed by atoms with Crippen LogP contribution in [0.5, 0.6) is 0 Å². The van der Waals surface area contributed by atoms with Crippen molar-refractivity contribution in [3.8, 4) is 0 Å². The minimum atomic E-state index is -0.525. The van der Waals surface area contributed by atoms with E-state index in [1.54, 1.807) is 0 Å². The smallest absolute Gasteiger partial charge is 0.132 e. The molecule has 1 saturated carbocycles. The lowest BCUT2D eigenvalue weighted by molar-refractivity contribution is 0.0557. The second kappa shape index (κ2) is 5.67. The Kier molecular flexibility index (Phi) is 4.19. The van der Waals surface area contributed by atoms with Crippen LogP contribution in [0.2, 0.25) is 0 Å². The molecule has 1 aromatic heterocycles. The number of anilines is 1. The SMILES string of the molecule is CNCc1cccnc1N(C)CC1(O)CCCC1. The summed E-state index contributed by atoms with van der Waals surface area (Å²) in [5.74, 6) is 0.965. The van der Waals surface area contributed by atoms with Crippen LogP contribution in [0.25, 0.3) is 0 Å². The summed E-state index contributed by atoms with van der Waals surface area (Å²) in [6, 6.07) is 4.03. The molecule has 0 radical (unpaired) electrons. The van der Waals surface area contributed by atoms with Gasteiger partial charge in [-0.15, -0.1) is 0 Å². The van der Waals surface area contributed by atoms with Crippen molar-refractivity contribution < 1.29 is 5.11 Å². The Labute approximate surface area is 109 Å². The second-order valence-corrected chi connectivity index (χ2v) is 5.30. The summed E-state index contributed by atoms with van der Waals surface area (Å²) in [4.78, 5) is 6.53. The Morgan fingerprint density at radius 3 is 2.83 bits per heavy atom. The van der Waals surface area contributed by atoms with Crippen LogP contribution in [0, 0.1) is 0 Å². The van der Waals surface area contributed by atoms with Crippen LogP contribution in [0.1, 0.15) is 31.2 Å². The van der Waals surface area contributed by atoms with Crippen molar-refractivity contribution in [3.05, 3.63) is 23.9 Å². The highest BCUT2D eigenvalue weighted by Crippen LogP contribution is 2.31.